The van der Waals surface area contributed by atoms with Gasteiger partial charge in [0.15, 0.2) is 5.88 Å². The van der Waals surface area contributed by atoms with Crippen LogP contribution in [-0.4, -0.2) is 4.98 Å². The molecule has 0 unspecified atom stereocenters. The van der Waals surface area contributed by atoms with Crippen LogP contribution in [-0.2, 0) is 11.3 Å². The van der Waals surface area contributed by atoms with Crippen molar-refractivity contribution in [3.8, 4) is 0 Å². The molecule has 3 nitrogen and oxygen atoms in total. The Labute approximate surface area is 107 Å². The summed E-state index contributed by atoms with van der Waals surface area (Å²) in [6.45, 7) is 6.39. The zero-order valence-corrected chi connectivity index (χ0v) is 10.4. The molecular formula is C15H16N2O. The number of pyridine rings is 1. The molecule has 0 atom stereocenters. The van der Waals surface area contributed by atoms with E-state index in [0.717, 1.165) is 11.3 Å². The Morgan fingerprint density at radius 2 is 2.06 bits per heavy atom. The maximum absolute atomic E-state index is 5.54. The van der Waals surface area contributed by atoms with Crippen molar-refractivity contribution in [1.82, 2.24) is 4.98 Å². The Morgan fingerprint density at radius 1 is 1.28 bits per heavy atom. The molecule has 0 saturated carbocycles. The number of ether oxygens (including phenoxy) is 1. The minimum atomic E-state index is 0.506. The lowest BCUT2D eigenvalue weighted by atomic mass is 10.2. The van der Waals surface area contributed by atoms with Gasteiger partial charge < -0.3 is 10.1 Å². The Balaban J connectivity index is 1.83. The largest absolute Gasteiger partial charge is 0.475 e. The summed E-state index contributed by atoms with van der Waals surface area (Å²) in [4.78, 5) is 4.01. The van der Waals surface area contributed by atoms with Gasteiger partial charge in [-0.15, -0.1) is 0 Å². The average molecular weight is 240 g/mol. The number of aromatic nitrogens is 1. The van der Waals surface area contributed by atoms with E-state index in [1.165, 1.54) is 5.56 Å². The van der Waals surface area contributed by atoms with Crippen molar-refractivity contribution >= 4 is 5.69 Å². The minimum Gasteiger partial charge on any atom is -0.475 e. The van der Waals surface area contributed by atoms with Crippen LogP contribution in [0.2, 0.25) is 0 Å². The molecule has 0 amide bonds. The monoisotopic (exact) mass is 240 g/mol. The molecule has 0 fully saturated rings. The van der Waals surface area contributed by atoms with Gasteiger partial charge in [0, 0.05) is 6.20 Å². The standard InChI is InChI=1S/C15H16N2O/c1-12-5-7-14(8-6-12)11-18-13(2)17-15-4-3-9-16-10-15/h3-10,17H,2,11H2,1H3. The molecule has 0 radical (unpaired) electrons. The first-order valence-electron chi connectivity index (χ1n) is 5.78. The van der Waals surface area contributed by atoms with Gasteiger partial charge in [-0.05, 0) is 31.2 Å². The first-order chi connectivity index (χ1) is 8.74. The SMILES string of the molecule is C=C(Nc1cccnc1)OCc1ccc(C)cc1. The number of hydrogen-bond donors (Lipinski definition) is 1. The topological polar surface area (TPSA) is 34.2 Å². The first-order valence-corrected chi connectivity index (χ1v) is 5.78. The summed E-state index contributed by atoms with van der Waals surface area (Å²) >= 11 is 0. The van der Waals surface area contributed by atoms with Crippen LogP contribution in [0, 0.1) is 6.92 Å². The van der Waals surface area contributed by atoms with E-state index in [4.69, 9.17) is 4.74 Å². The lowest BCUT2D eigenvalue weighted by Crippen LogP contribution is -2.03. The number of nitrogens with zero attached hydrogens (tertiary/aromatic N) is 1. The summed E-state index contributed by atoms with van der Waals surface area (Å²) in [6.07, 6.45) is 3.45. The fraction of sp³-hybridized carbons (Fsp3) is 0.133. The summed E-state index contributed by atoms with van der Waals surface area (Å²) in [5.74, 6) is 0.517. The number of nitrogens with one attached hydrogen (secondary N) is 1. The van der Waals surface area contributed by atoms with Crippen molar-refractivity contribution in [1.29, 1.82) is 0 Å². The second-order valence-corrected chi connectivity index (χ2v) is 4.06. The third kappa shape index (κ3) is 3.63. The van der Waals surface area contributed by atoms with Gasteiger partial charge in [0.2, 0.25) is 0 Å². The van der Waals surface area contributed by atoms with Crippen LogP contribution in [0.4, 0.5) is 5.69 Å². The van der Waals surface area contributed by atoms with E-state index < -0.39 is 0 Å². The fourth-order valence-electron chi connectivity index (χ4n) is 1.49. The molecule has 1 aromatic carbocycles. The molecule has 18 heavy (non-hydrogen) atoms. The molecule has 2 rings (SSSR count). The molecule has 0 aliphatic rings. The highest BCUT2D eigenvalue weighted by Crippen LogP contribution is 2.10. The van der Waals surface area contributed by atoms with Gasteiger partial charge >= 0.3 is 0 Å². The van der Waals surface area contributed by atoms with Crippen LogP contribution >= 0.6 is 0 Å². The van der Waals surface area contributed by atoms with E-state index >= 15 is 0 Å². The maximum Gasteiger partial charge on any atom is 0.184 e. The Kier molecular flexibility index (Phi) is 3.97. The maximum atomic E-state index is 5.54. The van der Waals surface area contributed by atoms with Gasteiger partial charge in [-0.25, -0.2) is 0 Å². The Morgan fingerprint density at radius 3 is 2.72 bits per heavy atom. The molecule has 2 aromatic rings. The Hall–Kier alpha value is -2.29. The summed E-state index contributed by atoms with van der Waals surface area (Å²) in [6, 6.07) is 12.0. The number of benzene rings is 1. The molecule has 1 N–H and O–H groups in total. The van der Waals surface area contributed by atoms with Gasteiger partial charge in [0.1, 0.15) is 6.61 Å². The highest BCUT2D eigenvalue weighted by Gasteiger charge is 1.97. The van der Waals surface area contributed by atoms with Crippen LogP contribution in [0.5, 0.6) is 0 Å². The second-order valence-electron chi connectivity index (χ2n) is 4.06. The average Bonchev–Trinajstić information content (AvgIpc) is 2.39. The van der Waals surface area contributed by atoms with Crippen molar-refractivity contribution in [3.63, 3.8) is 0 Å². The minimum absolute atomic E-state index is 0.506. The normalized spacial score (nSPS) is 9.83. The third-order valence-corrected chi connectivity index (χ3v) is 2.48. The molecule has 1 heterocycles. The summed E-state index contributed by atoms with van der Waals surface area (Å²) in [5, 5.41) is 3.04. The summed E-state index contributed by atoms with van der Waals surface area (Å²) in [5.41, 5.74) is 3.23. The van der Waals surface area contributed by atoms with Gasteiger partial charge in [-0.2, -0.15) is 0 Å². The van der Waals surface area contributed by atoms with Crippen LogP contribution in [0.25, 0.3) is 0 Å². The number of hydrogen-bond acceptors (Lipinski definition) is 3. The predicted molar refractivity (Wildman–Crippen MR) is 73.0 cm³/mol. The van der Waals surface area contributed by atoms with E-state index in [1.807, 2.05) is 24.3 Å². The highest BCUT2D eigenvalue weighted by atomic mass is 16.5. The van der Waals surface area contributed by atoms with Gasteiger partial charge in [-0.1, -0.05) is 29.8 Å². The van der Waals surface area contributed by atoms with Crippen molar-refractivity contribution in [2.24, 2.45) is 0 Å². The number of anilines is 1. The van der Waals surface area contributed by atoms with Crippen molar-refractivity contribution in [2.75, 3.05) is 5.32 Å². The lowest BCUT2D eigenvalue weighted by Gasteiger charge is -2.11. The molecule has 0 aliphatic carbocycles. The Bertz CT molecular complexity index is 506. The third-order valence-electron chi connectivity index (χ3n) is 2.48. The zero-order valence-electron chi connectivity index (χ0n) is 10.4. The number of aryl methyl sites for hydroxylation is 1. The molecule has 92 valence electrons. The van der Waals surface area contributed by atoms with Crippen molar-refractivity contribution in [2.45, 2.75) is 13.5 Å². The molecule has 0 spiro atoms. The summed E-state index contributed by atoms with van der Waals surface area (Å²) < 4.78 is 5.54. The first kappa shape index (κ1) is 12.2. The fourth-order valence-corrected chi connectivity index (χ4v) is 1.49. The van der Waals surface area contributed by atoms with Gasteiger partial charge in [-0.3, -0.25) is 4.98 Å². The van der Waals surface area contributed by atoms with Crippen molar-refractivity contribution in [3.05, 3.63) is 72.4 Å². The van der Waals surface area contributed by atoms with Gasteiger partial charge in [0.05, 0.1) is 11.9 Å². The van der Waals surface area contributed by atoms with Crippen LogP contribution in [0.15, 0.2) is 61.3 Å². The van der Waals surface area contributed by atoms with E-state index in [0.29, 0.717) is 12.5 Å². The van der Waals surface area contributed by atoms with Crippen LogP contribution in [0.1, 0.15) is 11.1 Å². The smallest absolute Gasteiger partial charge is 0.184 e. The van der Waals surface area contributed by atoms with Crippen LogP contribution < -0.4 is 5.32 Å². The summed E-state index contributed by atoms with van der Waals surface area (Å²) in [7, 11) is 0. The molecular weight excluding hydrogens is 224 g/mol. The number of rotatable bonds is 5. The van der Waals surface area contributed by atoms with Crippen molar-refractivity contribution < 1.29 is 4.74 Å². The molecule has 1 aromatic heterocycles. The lowest BCUT2D eigenvalue weighted by molar-refractivity contribution is 0.205. The molecule has 0 saturated heterocycles. The molecule has 3 heteroatoms. The molecule has 0 bridgehead atoms. The zero-order chi connectivity index (χ0) is 12.8. The van der Waals surface area contributed by atoms with Gasteiger partial charge in [0.25, 0.3) is 0 Å². The van der Waals surface area contributed by atoms with E-state index in [9.17, 15) is 0 Å². The van der Waals surface area contributed by atoms with E-state index in [-0.39, 0.29) is 0 Å². The van der Waals surface area contributed by atoms with E-state index in [1.54, 1.807) is 12.4 Å². The second kappa shape index (κ2) is 5.87. The predicted octanol–water partition coefficient (Wildman–Crippen LogP) is 3.49. The van der Waals surface area contributed by atoms with E-state index in [2.05, 4.69) is 35.9 Å². The highest BCUT2D eigenvalue weighted by molar-refractivity contribution is 5.43. The quantitative estimate of drug-likeness (QED) is 0.812. The van der Waals surface area contributed by atoms with Crippen LogP contribution in [0.3, 0.4) is 0 Å². The molecule has 0 aliphatic heterocycles.